The lowest BCUT2D eigenvalue weighted by molar-refractivity contribution is 0.101. The lowest BCUT2D eigenvalue weighted by Crippen LogP contribution is -2.16. The molecular formula is C23H21Cl2N5O3. The lowest BCUT2D eigenvalue weighted by Gasteiger charge is -2.10. The van der Waals surface area contributed by atoms with Crippen molar-refractivity contribution in [1.29, 1.82) is 0 Å². The average molecular weight is 486 g/mol. The van der Waals surface area contributed by atoms with Crippen molar-refractivity contribution < 1.29 is 14.1 Å². The Bertz CT molecular complexity index is 1320. The minimum Gasteiger partial charge on any atom is -0.488 e. The van der Waals surface area contributed by atoms with Crippen LogP contribution < -0.4 is 10.1 Å². The van der Waals surface area contributed by atoms with Crippen LogP contribution in [0.25, 0.3) is 0 Å². The zero-order chi connectivity index (χ0) is 23.5. The Hall–Kier alpha value is -3.36. The molecule has 8 nitrogen and oxygen atoms in total. The van der Waals surface area contributed by atoms with Crippen LogP contribution in [0.3, 0.4) is 0 Å². The Morgan fingerprint density at radius 1 is 1.12 bits per heavy atom. The van der Waals surface area contributed by atoms with Crippen molar-refractivity contribution in [2.45, 2.75) is 33.9 Å². The minimum atomic E-state index is -0.487. The number of aromatic nitrogens is 4. The second-order valence-corrected chi connectivity index (χ2v) is 8.41. The van der Waals surface area contributed by atoms with Crippen molar-refractivity contribution in [2.24, 2.45) is 0 Å². The Balaban J connectivity index is 1.44. The molecule has 0 spiro atoms. The monoisotopic (exact) mass is 485 g/mol. The van der Waals surface area contributed by atoms with Gasteiger partial charge in [-0.15, -0.1) is 5.10 Å². The highest BCUT2D eigenvalue weighted by molar-refractivity contribution is 6.42. The Morgan fingerprint density at radius 3 is 2.73 bits per heavy atom. The van der Waals surface area contributed by atoms with Crippen LogP contribution in [-0.2, 0) is 13.2 Å². The first-order valence-electron chi connectivity index (χ1n) is 10.1. The number of hydrogen-bond acceptors (Lipinski definition) is 6. The number of ether oxygens (including phenoxy) is 1. The highest BCUT2D eigenvalue weighted by Crippen LogP contribution is 2.24. The van der Waals surface area contributed by atoms with Crippen LogP contribution in [0, 0.1) is 20.8 Å². The van der Waals surface area contributed by atoms with Crippen LogP contribution in [-0.4, -0.2) is 25.8 Å². The Kier molecular flexibility index (Phi) is 6.67. The van der Waals surface area contributed by atoms with Crippen molar-refractivity contribution in [1.82, 2.24) is 19.9 Å². The number of nitrogens with one attached hydrogen (secondary N) is 1. The smallest absolute Gasteiger partial charge is 0.280 e. The summed E-state index contributed by atoms with van der Waals surface area (Å²) in [5, 5.41) is 11.8. The standard InChI is InChI=1S/C23H21Cl2N5O3/c1-13-4-5-14(2)20(8-13)32-11-17-15(3)33-29-21(17)22(31)27-23-26-12-30(28-23)10-16-6-7-18(24)19(25)9-16/h4-9,12H,10-11H2,1-3H3,(H,27,28,31). The highest BCUT2D eigenvalue weighted by atomic mass is 35.5. The summed E-state index contributed by atoms with van der Waals surface area (Å²) in [5.41, 5.74) is 3.66. The van der Waals surface area contributed by atoms with E-state index in [-0.39, 0.29) is 18.2 Å². The molecule has 2 heterocycles. The second-order valence-electron chi connectivity index (χ2n) is 7.59. The molecule has 0 saturated heterocycles. The number of carbonyl (C=O) groups is 1. The summed E-state index contributed by atoms with van der Waals surface area (Å²) in [7, 11) is 0. The second kappa shape index (κ2) is 9.64. The number of carbonyl (C=O) groups excluding carboxylic acids is 1. The first kappa shape index (κ1) is 22.8. The molecule has 2 aromatic heterocycles. The summed E-state index contributed by atoms with van der Waals surface area (Å²) >= 11 is 12.0. The van der Waals surface area contributed by atoms with E-state index in [0.29, 0.717) is 27.9 Å². The topological polar surface area (TPSA) is 95.1 Å². The molecule has 0 unspecified atom stereocenters. The number of hydrogen-bond donors (Lipinski definition) is 1. The maximum Gasteiger partial charge on any atom is 0.280 e. The number of benzene rings is 2. The fourth-order valence-corrected chi connectivity index (χ4v) is 3.49. The van der Waals surface area contributed by atoms with Gasteiger partial charge in [-0.1, -0.05) is 46.6 Å². The van der Waals surface area contributed by atoms with Crippen molar-refractivity contribution in [3.63, 3.8) is 0 Å². The normalized spacial score (nSPS) is 10.9. The third-order valence-electron chi connectivity index (χ3n) is 5.01. The molecule has 1 amide bonds. The molecule has 0 aliphatic carbocycles. The van der Waals surface area contributed by atoms with E-state index in [1.54, 1.807) is 23.7 Å². The van der Waals surface area contributed by atoms with E-state index >= 15 is 0 Å². The molecule has 0 bridgehead atoms. The first-order valence-corrected chi connectivity index (χ1v) is 10.9. The van der Waals surface area contributed by atoms with Gasteiger partial charge in [0.1, 0.15) is 24.4 Å². The Labute approximate surface area is 200 Å². The molecule has 0 atom stereocenters. The highest BCUT2D eigenvalue weighted by Gasteiger charge is 2.22. The van der Waals surface area contributed by atoms with Crippen molar-refractivity contribution in [3.05, 3.63) is 86.5 Å². The average Bonchev–Trinajstić information content (AvgIpc) is 3.37. The molecule has 1 N–H and O–H groups in total. The number of halogens is 2. The molecule has 0 aliphatic rings. The summed E-state index contributed by atoms with van der Waals surface area (Å²) in [6, 6.07) is 11.3. The maximum absolute atomic E-state index is 12.8. The van der Waals surface area contributed by atoms with Gasteiger partial charge in [-0.05, 0) is 55.7 Å². The van der Waals surface area contributed by atoms with E-state index in [9.17, 15) is 4.79 Å². The fraction of sp³-hybridized carbons (Fsp3) is 0.217. The molecule has 2 aromatic carbocycles. The quantitative estimate of drug-likeness (QED) is 0.377. The zero-order valence-corrected chi connectivity index (χ0v) is 19.7. The number of nitrogens with zero attached hydrogens (tertiary/aromatic N) is 4. The third kappa shape index (κ3) is 5.35. The molecule has 33 heavy (non-hydrogen) atoms. The predicted octanol–water partition coefficient (Wildman–Crippen LogP) is 5.38. The SMILES string of the molecule is Cc1ccc(C)c(OCc2c(C(=O)Nc3ncn(Cc4ccc(Cl)c(Cl)c4)n3)noc2C)c1. The molecule has 4 aromatic rings. The van der Waals surface area contributed by atoms with Crippen molar-refractivity contribution in [3.8, 4) is 5.75 Å². The summed E-state index contributed by atoms with van der Waals surface area (Å²) in [6.45, 7) is 6.24. The minimum absolute atomic E-state index is 0.124. The molecule has 170 valence electrons. The van der Waals surface area contributed by atoms with E-state index < -0.39 is 5.91 Å². The molecule has 0 fully saturated rings. The summed E-state index contributed by atoms with van der Waals surface area (Å²) < 4.78 is 12.8. The number of aryl methyl sites for hydroxylation is 3. The largest absolute Gasteiger partial charge is 0.488 e. The van der Waals surface area contributed by atoms with Gasteiger partial charge >= 0.3 is 0 Å². The van der Waals surface area contributed by atoms with Crippen molar-refractivity contribution >= 4 is 35.1 Å². The van der Waals surface area contributed by atoms with E-state index in [1.165, 1.54) is 6.33 Å². The zero-order valence-electron chi connectivity index (χ0n) is 18.2. The lowest BCUT2D eigenvalue weighted by atomic mass is 10.1. The van der Waals surface area contributed by atoms with Crippen LogP contribution in [0.15, 0.2) is 47.2 Å². The van der Waals surface area contributed by atoms with Gasteiger partial charge in [0, 0.05) is 0 Å². The van der Waals surface area contributed by atoms with Gasteiger partial charge in [0.2, 0.25) is 5.95 Å². The van der Waals surface area contributed by atoms with Gasteiger partial charge < -0.3 is 9.26 Å². The maximum atomic E-state index is 12.8. The molecule has 10 heteroatoms. The van der Waals surface area contributed by atoms with E-state index in [0.717, 1.165) is 22.4 Å². The van der Waals surface area contributed by atoms with Crippen LogP contribution in [0.2, 0.25) is 10.0 Å². The van der Waals surface area contributed by atoms with Crippen molar-refractivity contribution in [2.75, 3.05) is 5.32 Å². The summed E-state index contributed by atoms with van der Waals surface area (Å²) in [5.74, 6) is 0.897. The van der Waals surface area contributed by atoms with E-state index in [4.69, 9.17) is 32.5 Å². The van der Waals surface area contributed by atoms with Gasteiger partial charge in [0.15, 0.2) is 5.69 Å². The molecule has 4 rings (SSSR count). The van der Waals surface area contributed by atoms with E-state index in [2.05, 4.69) is 20.6 Å². The fourth-order valence-electron chi connectivity index (χ4n) is 3.17. The van der Waals surface area contributed by atoms with Crippen LogP contribution >= 0.6 is 23.2 Å². The number of amides is 1. The molecule has 0 radical (unpaired) electrons. The molecular weight excluding hydrogens is 465 g/mol. The Morgan fingerprint density at radius 2 is 1.94 bits per heavy atom. The number of rotatable bonds is 7. The van der Waals surface area contributed by atoms with E-state index in [1.807, 2.05) is 38.1 Å². The molecule has 0 saturated carbocycles. The first-order chi connectivity index (χ1) is 15.8. The number of anilines is 1. The van der Waals surface area contributed by atoms with Crippen LogP contribution in [0.1, 0.15) is 38.5 Å². The summed E-state index contributed by atoms with van der Waals surface area (Å²) in [6.07, 6.45) is 1.51. The van der Waals surface area contributed by atoms with Gasteiger partial charge in [0.25, 0.3) is 5.91 Å². The summed E-state index contributed by atoms with van der Waals surface area (Å²) in [4.78, 5) is 17.0. The predicted molar refractivity (Wildman–Crippen MR) is 125 cm³/mol. The van der Waals surface area contributed by atoms with Gasteiger partial charge in [-0.3, -0.25) is 10.1 Å². The van der Waals surface area contributed by atoms with Crippen LogP contribution in [0.4, 0.5) is 5.95 Å². The van der Waals surface area contributed by atoms with Crippen LogP contribution in [0.5, 0.6) is 5.75 Å². The molecule has 0 aliphatic heterocycles. The third-order valence-corrected chi connectivity index (χ3v) is 5.74. The van der Waals surface area contributed by atoms with Gasteiger partial charge in [0.05, 0.1) is 22.2 Å². The van der Waals surface area contributed by atoms with Gasteiger partial charge in [-0.2, -0.15) is 0 Å². The van der Waals surface area contributed by atoms with Gasteiger partial charge in [-0.25, -0.2) is 9.67 Å².